The molecule has 0 saturated carbocycles. The summed E-state index contributed by atoms with van der Waals surface area (Å²) in [5.41, 5.74) is 2.33. The first kappa shape index (κ1) is 14.2. The third-order valence-corrected chi connectivity index (χ3v) is 5.23. The van der Waals surface area contributed by atoms with Crippen LogP contribution >= 0.6 is 0 Å². The summed E-state index contributed by atoms with van der Waals surface area (Å²) in [4.78, 5) is 6.28. The van der Waals surface area contributed by atoms with E-state index >= 15 is 0 Å². The van der Waals surface area contributed by atoms with E-state index in [2.05, 4.69) is 22.2 Å². The first-order valence-corrected chi connectivity index (χ1v) is 7.67. The topological polar surface area (TPSA) is 91.6 Å². The van der Waals surface area contributed by atoms with E-state index in [0.29, 0.717) is 13.1 Å². The summed E-state index contributed by atoms with van der Waals surface area (Å²) in [5, 5.41) is 0. The second kappa shape index (κ2) is 5.83. The maximum Gasteiger partial charge on any atom is 0.246 e. The van der Waals surface area contributed by atoms with Crippen LogP contribution in [0, 0.1) is 0 Å². The fraction of sp³-hybridized carbons (Fsp3) is 0.545. The SMILES string of the molecule is CCN1CCN(S(=O)(=O)c2cccnc2NN)CC1. The number of nitrogens with two attached hydrogens (primary N) is 1. The maximum atomic E-state index is 12.5. The number of aromatic nitrogens is 1. The van der Waals surface area contributed by atoms with E-state index in [1.807, 2.05) is 0 Å². The molecule has 2 heterocycles. The number of sulfonamides is 1. The van der Waals surface area contributed by atoms with Crippen LogP contribution in [0.15, 0.2) is 23.2 Å². The van der Waals surface area contributed by atoms with Crippen molar-refractivity contribution in [2.75, 3.05) is 38.1 Å². The Balaban J connectivity index is 2.23. The molecule has 3 N–H and O–H groups in total. The number of pyridine rings is 1. The Morgan fingerprint density at radius 1 is 1.37 bits per heavy atom. The standard InChI is InChI=1S/C11H19N5O2S/c1-2-15-6-8-16(9-7-15)19(17,18)10-4-3-5-13-11(10)14-12/h3-5H,2,6-9,12H2,1H3,(H,13,14). The predicted molar refractivity (Wildman–Crippen MR) is 72.9 cm³/mol. The molecule has 0 amide bonds. The molecule has 0 spiro atoms. The number of hydrogen-bond donors (Lipinski definition) is 2. The molecule has 1 aromatic heterocycles. The van der Waals surface area contributed by atoms with Gasteiger partial charge in [0.25, 0.3) is 0 Å². The van der Waals surface area contributed by atoms with E-state index in [0.717, 1.165) is 19.6 Å². The minimum absolute atomic E-state index is 0.127. The van der Waals surface area contributed by atoms with Crippen LogP contribution in [0.2, 0.25) is 0 Å². The summed E-state index contributed by atoms with van der Waals surface area (Å²) in [5.74, 6) is 5.50. The lowest BCUT2D eigenvalue weighted by molar-refractivity contribution is 0.196. The van der Waals surface area contributed by atoms with Crippen molar-refractivity contribution in [2.45, 2.75) is 11.8 Å². The zero-order chi connectivity index (χ0) is 13.9. The maximum absolute atomic E-state index is 12.5. The number of likely N-dealkylation sites (N-methyl/N-ethyl adjacent to an activating group) is 1. The summed E-state index contributed by atoms with van der Waals surface area (Å²) < 4.78 is 26.6. The Kier molecular flexibility index (Phi) is 4.35. The highest BCUT2D eigenvalue weighted by atomic mass is 32.2. The fourth-order valence-electron chi connectivity index (χ4n) is 2.13. The molecule has 0 unspecified atom stereocenters. The molecule has 0 radical (unpaired) electrons. The van der Waals surface area contributed by atoms with Crippen LogP contribution in [0.25, 0.3) is 0 Å². The first-order chi connectivity index (χ1) is 9.09. The van der Waals surface area contributed by atoms with Gasteiger partial charge >= 0.3 is 0 Å². The van der Waals surface area contributed by atoms with Crippen LogP contribution in [0.5, 0.6) is 0 Å². The van der Waals surface area contributed by atoms with Crippen molar-refractivity contribution in [2.24, 2.45) is 5.84 Å². The van der Waals surface area contributed by atoms with Gasteiger partial charge < -0.3 is 10.3 Å². The minimum atomic E-state index is -3.53. The van der Waals surface area contributed by atoms with Crippen molar-refractivity contribution in [3.8, 4) is 0 Å². The Labute approximate surface area is 113 Å². The molecule has 1 saturated heterocycles. The number of anilines is 1. The highest BCUT2D eigenvalue weighted by Gasteiger charge is 2.30. The number of nitrogens with one attached hydrogen (secondary N) is 1. The van der Waals surface area contributed by atoms with Gasteiger partial charge in [-0.1, -0.05) is 6.92 Å². The minimum Gasteiger partial charge on any atom is -0.307 e. The molecule has 0 aromatic carbocycles. The average molecular weight is 285 g/mol. The quantitative estimate of drug-likeness (QED) is 0.582. The van der Waals surface area contributed by atoms with E-state index in [9.17, 15) is 8.42 Å². The van der Waals surface area contributed by atoms with Crippen molar-refractivity contribution in [1.29, 1.82) is 0 Å². The van der Waals surface area contributed by atoms with E-state index in [1.54, 1.807) is 6.07 Å². The Morgan fingerprint density at radius 3 is 2.63 bits per heavy atom. The highest BCUT2D eigenvalue weighted by Crippen LogP contribution is 2.22. The van der Waals surface area contributed by atoms with Crippen LogP contribution in [-0.2, 0) is 10.0 Å². The summed E-state index contributed by atoms with van der Waals surface area (Å²) in [6, 6.07) is 3.11. The molecule has 19 heavy (non-hydrogen) atoms. The number of hydrogen-bond acceptors (Lipinski definition) is 6. The van der Waals surface area contributed by atoms with Crippen molar-refractivity contribution in [1.82, 2.24) is 14.2 Å². The molecule has 0 aliphatic carbocycles. The lowest BCUT2D eigenvalue weighted by Crippen LogP contribution is -2.48. The van der Waals surface area contributed by atoms with Gasteiger partial charge in [-0.3, -0.25) is 0 Å². The fourth-order valence-corrected chi connectivity index (χ4v) is 3.66. The molecule has 7 nitrogen and oxygen atoms in total. The molecule has 0 atom stereocenters. The van der Waals surface area contributed by atoms with Gasteiger partial charge in [0, 0.05) is 32.4 Å². The monoisotopic (exact) mass is 285 g/mol. The van der Waals surface area contributed by atoms with Crippen LogP contribution in [0.3, 0.4) is 0 Å². The smallest absolute Gasteiger partial charge is 0.246 e. The second-order valence-electron chi connectivity index (χ2n) is 4.33. The molecule has 1 aromatic rings. The molecule has 0 bridgehead atoms. The second-order valence-corrected chi connectivity index (χ2v) is 6.24. The van der Waals surface area contributed by atoms with Gasteiger partial charge in [-0.2, -0.15) is 4.31 Å². The molecule has 2 rings (SSSR count). The molecule has 8 heteroatoms. The number of nitrogens with zero attached hydrogens (tertiary/aromatic N) is 3. The molecule has 1 aliphatic rings. The molecule has 106 valence electrons. The number of hydrazine groups is 1. The third kappa shape index (κ3) is 2.86. The molecule has 1 aliphatic heterocycles. The predicted octanol–water partition coefficient (Wildman–Crippen LogP) is -0.307. The van der Waals surface area contributed by atoms with Crippen LogP contribution in [-0.4, -0.2) is 55.3 Å². The van der Waals surface area contributed by atoms with Crippen LogP contribution in [0.4, 0.5) is 5.82 Å². The first-order valence-electron chi connectivity index (χ1n) is 6.23. The summed E-state index contributed by atoms with van der Waals surface area (Å²) in [7, 11) is -3.53. The van der Waals surface area contributed by atoms with Gasteiger partial charge in [0.15, 0.2) is 5.82 Å². The van der Waals surface area contributed by atoms with Crippen LogP contribution < -0.4 is 11.3 Å². The van der Waals surface area contributed by atoms with Gasteiger partial charge in [0.1, 0.15) is 4.90 Å². The third-order valence-electron chi connectivity index (χ3n) is 3.30. The molecular weight excluding hydrogens is 266 g/mol. The molecular formula is C11H19N5O2S. The summed E-state index contributed by atoms with van der Waals surface area (Å²) in [6.07, 6.45) is 1.50. The van der Waals surface area contributed by atoms with Gasteiger partial charge in [-0.15, -0.1) is 0 Å². The van der Waals surface area contributed by atoms with Gasteiger partial charge in [0.2, 0.25) is 10.0 Å². The number of piperazine rings is 1. The van der Waals surface area contributed by atoms with E-state index in [-0.39, 0.29) is 10.7 Å². The average Bonchev–Trinajstić information content (AvgIpc) is 2.47. The highest BCUT2D eigenvalue weighted by molar-refractivity contribution is 7.89. The van der Waals surface area contributed by atoms with Crippen molar-refractivity contribution in [3.05, 3.63) is 18.3 Å². The van der Waals surface area contributed by atoms with Gasteiger partial charge in [-0.05, 0) is 18.7 Å². The largest absolute Gasteiger partial charge is 0.307 e. The van der Waals surface area contributed by atoms with Gasteiger partial charge in [-0.25, -0.2) is 19.2 Å². The Hall–Kier alpha value is -1.22. The summed E-state index contributed by atoms with van der Waals surface area (Å²) in [6.45, 7) is 5.50. The van der Waals surface area contributed by atoms with E-state index < -0.39 is 10.0 Å². The number of rotatable bonds is 4. The van der Waals surface area contributed by atoms with E-state index in [1.165, 1.54) is 16.6 Å². The normalized spacial score (nSPS) is 18.4. The van der Waals surface area contributed by atoms with Gasteiger partial charge in [0.05, 0.1) is 0 Å². The zero-order valence-corrected chi connectivity index (χ0v) is 11.7. The Bertz CT molecular complexity index is 526. The lowest BCUT2D eigenvalue weighted by atomic mass is 10.4. The Morgan fingerprint density at radius 2 is 2.05 bits per heavy atom. The van der Waals surface area contributed by atoms with Crippen LogP contribution in [0.1, 0.15) is 6.92 Å². The molecule has 1 fully saturated rings. The van der Waals surface area contributed by atoms with Crippen molar-refractivity contribution in [3.63, 3.8) is 0 Å². The summed E-state index contributed by atoms with van der Waals surface area (Å²) >= 11 is 0. The van der Waals surface area contributed by atoms with E-state index in [4.69, 9.17) is 5.84 Å². The number of nitrogen functional groups attached to an aromatic ring is 1. The van der Waals surface area contributed by atoms with Crippen molar-refractivity contribution >= 4 is 15.8 Å². The zero-order valence-electron chi connectivity index (χ0n) is 10.9. The lowest BCUT2D eigenvalue weighted by Gasteiger charge is -2.33. The van der Waals surface area contributed by atoms with Crippen molar-refractivity contribution < 1.29 is 8.42 Å².